The number of likely N-dealkylation sites (N-methyl/N-ethyl adjacent to an activating group) is 1. The van der Waals surface area contributed by atoms with Crippen LogP contribution in [-0.4, -0.2) is 47.8 Å². The fraction of sp³-hybridized carbons (Fsp3) is 0.500. The maximum Gasteiger partial charge on any atom is 0.262 e. The molecule has 2 aliphatic heterocycles. The Bertz CT molecular complexity index is 581. The van der Waals surface area contributed by atoms with Crippen molar-refractivity contribution in [2.45, 2.75) is 26.2 Å². The average Bonchev–Trinajstić information content (AvgIpc) is 3.21. The fourth-order valence-corrected chi connectivity index (χ4v) is 4.01. The van der Waals surface area contributed by atoms with Crippen molar-refractivity contribution in [3.05, 3.63) is 40.9 Å². The Morgan fingerprint density at radius 1 is 1.30 bits per heavy atom. The molecule has 1 N–H and O–H groups in total. The van der Waals surface area contributed by atoms with E-state index in [-0.39, 0.29) is 5.91 Å². The smallest absolute Gasteiger partial charge is 0.262 e. The number of thioether (sulfide) groups is 1. The van der Waals surface area contributed by atoms with Crippen LogP contribution in [0.25, 0.3) is 0 Å². The molecule has 1 amide bonds. The molecule has 2 saturated heterocycles. The van der Waals surface area contributed by atoms with Gasteiger partial charge in [0.1, 0.15) is 0 Å². The number of anilines is 1. The predicted molar refractivity (Wildman–Crippen MR) is 97.4 cm³/mol. The van der Waals surface area contributed by atoms with Gasteiger partial charge in [0.15, 0.2) is 0 Å². The van der Waals surface area contributed by atoms with Gasteiger partial charge in [-0.15, -0.1) is 0 Å². The monoisotopic (exact) mass is 331 g/mol. The maximum atomic E-state index is 12.1. The van der Waals surface area contributed by atoms with Crippen molar-refractivity contribution in [2.24, 2.45) is 0 Å². The third-order valence-electron chi connectivity index (χ3n) is 4.47. The van der Waals surface area contributed by atoms with Crippen LogP contribution in [-0.2, 0) is 11.2 Å². The molecular formula is C18H25N3OS. The predicted octanol–water partition coefficient (Wildman–Crippen LogP) is 3.13. The first-order valence-corrected chi connectivity index (χ1v) is 9.45. The first-order chi connectivity index (χ1) is 11.3. The van der Waals surface area contributed by atoms with Crippen molar-refractivity contribution in [1.29, 1.82) is 0 Å². The summed E-state index contributed by atoms with van der Waals surface area (Å²) in [7, 11) is 0. The number of amides is 1. The Kier molecular flexibility index (Phi) is 5.62. The summed E-state index contributed by atoms with van der Waals surface area (Å²) in [4.78, 5) is 17.3. The summed E-state index contributed by atoms with van der Waals surface area (Å²) in [6.45, 7) is 6.42. The Morgan fingerprint density at radius 2 is 2.13 bits per heavy atom. The normalized spacial score (nSPS) is 20.7. The summed E-state index contributed by atoms with van der Waals surface area (Å²) in [5, 5.41) is 3.29. The van der Waals surface area contributed by atoms with Crippen molar-refractivity contribution in [3.8, 4) is 0 Å². The second kappa shape index (κ2) is 7.88. The van der Waals surface area contributed by atoms with Crippen LogP contribution < -0.4 is 5.32 Å². The summed E-state index contributed by atoms with van der Waals surface area (Å²) in [5.41, 5.74) is 2.40. The molecule has 0 radical (unpaired) electrons. The summed E-state index contributed by atoms with van der Waals surface area (Å²) in [5.74, 6) is 0.897. The molecule has 124 valence electrons. The molecule has 2 aliphatic rings. The summed E-state index contributed by atoms with van der Waals surface area (Å²) < 4.78 is 0. The zero-order valence-corrected chi connectivity index (χ0v) is 14.6. The van der Waals surface area contributed by atoms with Crippen LogP contribution in [0, 0.1) is 0 Å². The zero-order valence-electron chi connectivity index (χ0n) is 13.8. The summed E-state index contributed by atoms with van der Waals surface area (Å²) in [6, 6.07) is 8.51. The highest BCUT2D eigenvalue weighted by Gasteiger charge is 2.24. The lowest BCUT2D eigenvalue weighted by atomic mass is 10.1. The van der Waals surface area contributed by atoms with E-state index in [2.05, 4.69) is 34.5 Å². The standard InChI is InChI=1S/C18H25N3OS/c1-2-21-14-23-17(18(21)22)13-19-16-7-5-6-15(12-16)8-11-20-9-3-4-10-20/h5-7,12-13,19H,2-4,8-11,14H2,1H3. The number of hydrogen-bond donors (Lipinski definition) is 1. The van der Waals surface area contributed by atoms with Gasteiger partial charge in [-0.1, -0.05) is 23.9 Å². The average molecular weight is 331 g/mol. The van der Waals surface area contributed by atoms with Gasteiger partial charge in [0.25, 0.3) is 5.91 Å². The second-order valence-corrected chi connectivity index (χ2v) is 7.07. The van der Waals surface area contributed by atoms with E-state index in [0.717, 1.165) is 36.0 Å². The molecular weight excluding hydrogens is 306 g/mol. The second-order valence-electron chi connectivity index (χ2n) is 6.09. The number of hydrogen-bond acceptors (Lipinski definition) is 4. The molecule has 0 bridgehead atoms. The third kappa shape index (κ3) is 4.30. The molecule has 0 aromatic heterocycles. The van der Waals surface area contributed by atoms with E-state index in [1.807, 2.05) is 18.0 Å². The lowest BCUT2D eigenvalue weighted by Crippen LogP contribution is -2.24. The van der Waals surface area contributed by atoms with Crippen LogP contribution >= 0.6 is 11.8 Å². The number of benzene rings is 1. The lowest BCUT2D eigenvalue weighted by Gasteiger charge is -2.14. The molecule has 1 aromatic rings. The van der Waals surface area contributed by atoms with Crippen LogP contribution in [0.3, 0.4) is 0 Å². The summed E-state index contributed by atoms with van der Waals surface area (Å²) in [6.07, 6.45) is 5.62. The zero-order chi connectivity index (χ0) is 16.1. The number of nitrogens with one attached hydrogen (secondary N) is 1. The Balaban J connectivity index is 1.56. The van der Waals surface area contributed by atoms with E-state index in [0.29, 0.717) is 0 Å². The van der Waals surface area contributed by atoms with Gasteiger partial charge >= 0.3 is 0 Å². The molecule has 23 heavy (non-hydrogen) atoms. The number of likely N-dealkylation sites (tertiary alicyclic amines) is 1. The topological polar surface area (TPSA) is 35.6 Å². The van der Waals surface area contributed by atoms with E-state index >= 15 is 0 Å². The van der Waals surface area contributed by atoms with E-state index in [1.54, 1.807) is 11.8 Å². The minimum absolute atomic E-state index is 0.134. The first kappa shape index (κ1) is 16.4. The summed E-state index contributed by atoms with van der Waals surface area (Å²) >= 11 is 1.60. The van der Waals surface area contributed by atoms with Gasteiger partial charge < -0.3 is 15.1 Å². The molecule has 5 heteroatoms. The van der Waals surface area contributed by atoms with Crippen molar-refractivity contribution >= 4 is 23.4 Å². The third-order valence-corrected chi connectivity index (χ3v) is 5.51. The van der Waals surface area contributed by atoms with Crippen molar-refractivity contribution in [2.75, 3.05) is 37.4 Å². The fourth-order valence-electron chi connectivity index (χ4n) is 3.02. The lowest BCUT2D eigenvalue weighted by molar-refractivity contribution is -0.124. The molecule has 2 fully saturated rings. The van der Waals surface area contributed by atoms with Crippen molar-refractivity contribution in [1.82, 2.24) is 9.80 Å². The van der Waals surface area contributed by atoms with Crippen LogP contribution in [0.5, 0.6) is 0 Å². The molecule has 0 aliphatic carbocycles. The van der Waals surface area contributed by atoms with Crippen molar-refractivity contribution < 1.29 is 4.79 Å². The highest BCUT2D eigenvalue weighted by Crippen LogP contribution is 2.27. The van der Waals surface area contributed by atoms with Gasteiger partial charge in [0.05, 0.1) is 10.8 Å². The Hall–Kier alpha value is -1.46. The van der Waals surface area contributed by atoms with Gasteiger partial charge in [0.2, 0.25) is 0 Å². The SMILES string of the molecule is CCN1CSC(=CNc2cccc(CCN3CCCC3)c2)C1=O. The minimum atomic E-state index is 0.134. The van der Waals surface area contributed by atoms with Crippen LogP contribution in [0.4, 0.5) is 5.69 Å². The van der Waals surface area contributed by atoms with E-state index in [9.17, 15) is 4.79 Å². The molecule has 0 atom stereocenters. The Labute approximate surface area is 142 Å². The van der Waals surface area contributed by atoms with Gasteiger partial charge in [-0.05, 0) is 57.0 Å². The van der Waals surface area contributed by atoms with Crippen LogP contribution in [0.1, 0.15) is 25.3 Å². The van der Waals surface area contributed by atoms with Crippen LogP contribution in [0.2, 0.25) is 0 Å². The maximum absolute atomic E-state index is 12.1. The highest BCUT2D eigenvalue weighted by atomic mass is 32.2. The van der Waals surface area contributed by atoms with Gasteiger partial charge in [-0.3, -0.25) is 4.79 Å². The van der Waals surface area contributed by atoms with Gasteiger partial charge in [-0.25, -0.2) is 0 Å². The first-order valence-electron chi connectivity index (χ1n) is 8.46. The number of nitrogens with zero attached hydrogens (tertiary/aromatic N) is 2. The molecule has 2 heterocycles. The quantitative estimate of drug-likeness (QED) is 0.813. The van der Waals surface area contributed by atoms with E-state index in [4.69, 9.17) is 0 Å². The Morgan fingerprint density at radius 3 is 2.87 bits per heavy atom. The number of carbonyl (C=O) groups is 1. The van der Waals surface area contributed by atoms with Gasteiger partial charge in [-0.2, -0.15) is 0 Å². The van der Waals surface area contributed by atoms with E-state index in [1.165, 1.54) is 31.5 Å². The van der Waals surface area contributed by atoms with Crippen LogP contribution in [0.15, 0.2) is 35.4 Å². The van der Waals surface area contributed by atoms with Gasteiger partial charge in [0, 0.05) is 25.0 Å². The minimum Gasteiger partial charge on any atom is -0.360 e. The number of carbonyl (C=O) groups excluding carboxylic acids is 1. The highest BCUT2D eigenvalue weighted by molar-refractivity contribution is 8.04. The molecule has 0 saturated carbocycles. The molecule has 4 nitrogen and oxygen atoms in total. The molecule has 0 unspecified atom stereocenters. The van der Waals surface area contributed by atoms with Crippen molar-refractivity contribution in [3.63, 3.8) is 0 Å². The largest absolute Gasteiger partial charge is 0.360 e. The van der Waals surface area contributed by atoms with E-state index < -0.39 is 0 Å². The molecule has 1 aromatic carbocycles. The molecule has 3 rings (SSSR count). The number of rotatable bonds is 6. The molecule has 0 spiro atoms.